The Labute approximate surface area is 186 Å². The average molecular weight is 428 g/mol. The number of carbonyl (C=O) groups is 2. The summed E-state index contributed by atoms with van der Waals surface area (Å²) >= 11 is 0. The summed E-state index contributed by atoms with van der Waals surface area (Å²) in [5, 5.41) is 0. The predicted molar refractivity (Wildman–Crippen MR) is 117 cm³/mol. The maximum absolute atomic E-state index is 13.4. The third kappa shape index (κ3) is 1.96. The number of methoxy groups -OCH3 is 1. The van der Waals surface area contributed by atoms with Crippen LogP contribution in [0, 0.1) is 5.92 Å². The molecule has 2 amide bonds. The van der Waals surface area contributed by atoms with Crippen molar-refractivity contribution in [2.24, 2.45) is 5.92 Å². The van der Waals surface area contributed by atoms with Crippen molar-refractivity contribution in [2.75, 3.05) is 20.7 Å². The van der Waals surface area contributed by atoms with Crippen LogP contribution in [0.4, 0.5) is 0 Å². The molecule has 6 nitrogen and oxygen atoms in total. The minimum Gasteiger partial charge on any atom is -0.493 e. The van der Waals surface area contributed by atoms with Gasteiger partial charge in [0.2, 0.25) is 0 Å². The van der Waals surface area contributed by atoms with E-state index in [1.54, 1.807) is 31.4 Å². The van der Waals surface area contributed by atoms with E-state index in [0.717, 1.165) is 30.9 Å². The maximum atomic E-state index is 13.4. The number of fused-ring (bicyclic) bond motifs is 1. The van der Waals surface area contributed by atoms with Gasteiger partial charge in [0.25, 0.3) is 11.8 Å². The number of piperidine rings is 1. The molecule has 5 atom stereocenters. The lowest BCUT2D eigenvalue weighted by Gasteiger charge is -2.57. The van der Waals surface area contributed by atoms with E-state index in [2.05, 4.69) is 24.1 Å². The fourth-order valence-electron chi connectivity index (χ4n) is 7.09. The van der Waals surface area contributed by atoms with Gasteiger partial charge < -0.3 is 14.4 Å². The molecular formula is C26H24N2O4. The van der Waals surface area contributed by atoms with E-state index in [1.807, 2.05) is 12.1 Å². The van der Waals surface area contributed by atoms with Crippen molar-refractivity contribution in [1.82, 2.24) is 9.80 Å². The molecular weight excluding hydrogens is 404 g/mol. The number of carbonyl (C=O) groups excluding carboxylic acids is 2. The lowest BCUT2D eigenvalue weighted by atomic mass is 9.53. The van der Waals surface area contributed by atoms with Crippen molar-refractivity contribution in [3.05, 3.63) is 70.8 Å². The Hall–Kier alpha value is -3.12. The second-order valence-corrected chi connectivity index (χ2v) is 9.64. The highest BCUT2D eigenvalue weighted by molar-refractivity contribution is 6.21. The molecule has 3 aliphatic heterocycles. The monoisotopic (exact) mass is 428 g/mol. The van der Waals surface area contributed by atoms with Gasteiger partial charge in [-0.2, -0.15) is 0 Å². The van der Waals surface area contributed by atoms with Gasteiger partial charge in [-0.1, -0.05) is 30.4 Å². The van der Waals surface area contributed by atoms with Crippen LogP contribution in [0.15, 0.2) is 48.6 Å². The van der Waals surface area contributed by atoms with Crippen LogP contribution >= 0.6 is 0 Å². The van der Waals surface area contributed by atoms with Crippen LogP contribution in [0.25, 0.3) is 0 Å². The van der Waals surface area contributed by atoms with Crippen LogP contribution in [-0.4, -0.2) is 60.5 Å². The van der Waals surface area contributed by atoms with Gasteiger partial charge in [-0.15, -0.1) is 0 Å². The van der Waals surface area contributed by atoms with E-state index in [-0.39, 0.29) is 29.3 Å². The largest absolute Gasteiger partial charge is 0.493 e. The van der Waals surface area contributed by atoms with Crippen molar-refractivity contribution >= 4 is 11.8 Å². The van der Waals surface area contributed by atoms with E-state index in [9.17, 15) is 9.59 Å². The Morgan fingerprint density at radius 1 is 1.06 bits per heavy atom. The Kier molecular flexibility index (Phi) is 3.47. The van der Waals surface area contributed by atoms with E-state index < -0.39 is 6.04 Å². The average Bonchev–Trinajstić information content (AvgIpc) is 3.29. The van der Waals surface area contributed by atoms with Crippen LogP contribution < -0.4 is 9.47 Å². The molecule has 2 aromatic carbocycles. The number of hydrogen-bond donors (Lipinski definition) is 0. The SMILES string of the molecule is COc1ccc2c3c1O[C@H]1[C@H](N4C(=O)c5ccccc5C4=O)C=C[C@H]4[C@@H](C2)N(C)CC[C@@]341. The summed E-state index contributed by atoms with van der Waals surface area (Å²) in [5.74, 6) is 1.33. The molecule has 0 saturated carbocycles. The zero-order chi connectivity index (χ0) is 21.8. The van der Waals surface area contributed by atoms with Gasteiger partial charge in [-0.25, -0.2) is 0 Å². The second kappa shape index (κ2) is 6.01. The number of likely N-dealkylation sites (N-methyl/N-ethyl adjacent to an activating group) is 1. The summed E-state index contributed by atoms with van der Waals surface area (Å²) in [7, 11) is 3.86. The Balaban J connectivity index is 1.42. The lowest BCUT2D eigenvalue weighted by molar-refractivity contribution is -0.0241. The van der Waals surface area contributed by atoms with Crippen LogP contribution in [0.2, 0.25) is 0 Å². The first-order valence-electron chi connectivity index (χ1n) is 11.3. The number of hydrogen-bond acceptors (Lipinski definition) is 5. The second-order valence-electron chi connectivity index (χ2n) is 9.64. The van der Waals surface area contributed by atoms with Crippen molar-refractivity contribution in [3.63, 3.8) is 0 Å². The summed E-state index contributed by atoms with van der Waals surface area (Å²) in [6.45, 7) is 0.958. The Bertz CT molecular complexity index is 1200. The molecule has 2 aliphatic carbocycles. The number of likely N-dealkylation sites (tertiary alicyclic amines) is 1. The zero-order valence-corrected chi connectivity index (χ0v) is 18.1. The zero-order valence-electron chi connectivity index (χ0n) is 18.1. The predicted octanol–water partition coefficient (Wildman–Crippen LogP) is 2.81. The summed E-state index contributed by atoms with van der Waals surface area (Å²) in [5.41, 5.74) is 3.23. The van der Waals surface area contributed by atoms with Crippen molar-refractivity contribution in [3.8, 4) is 11.5 Å². The number of amides is 2. The molecule has 1 fully saturated rings. The van der Waals surface area contributed by atoms with Crippen LogP contribution in [0.1, 0.15) is 38.3 Å². The first-order chi connectivity index (χ1) is 15.6. The van der Waals surface area contributed by atoms with Crippen molar-refractivity contribution < 1.29 is 19.1 Å². The summed E-state index contributed by atoms with van der Waals surface area (Å²) in [4.78, 5) is 30.6. The molecule has 6 heteroatoms. The molecule has 5 aliphatic rings. The van der Waals surface area contributed by atoms with Gasteiger partial charge in [-0.3, -0.25) is 14.5 Å². The normalized spacial score (nSPS) is 33.8. The molecule has 2 bridgehead atoms. The van der Waals surface area contributed by atoms with E-state index >= 15 is 0 Å². The summed E-state index contributed by atoms with van der Waals surface area (Å²) in [6, 6.07) is 11.2. The van der Waals surface area contributed by atoms with Crippen LogP contribution in [-0.2, 0) is 11.8 Å². The van der Waals surface area contributed by atoms with E-state index in [1.165, 1.54) is 16.0 Å². The molecule has 162 valence electrons. The first-order valence-corrected chi connectivity index (χ1v) is 11.3. The highest BCUT2D eigenvalue weighted by atomic mass is 16.5. The van der Waals surface area contributed by atoms with E-state index in [4.69, 9.17) is 9.47 Å². The number of ether oxygens (including phenoxy) is 2. The van der Waals surface area contributed by atoms with Gasteiger partial charge in [0.15, 0.2) is 11.5 Å². The highest BCUT2D eigenvalue weighted by Crippen LogP contribution is 2.63. The molecule has 0 unspecified atom stereocenters. The summed E-state index contributed by atoms with van der Waals surface area (Å²) in [6.07, 6.45) is 5.87. The van der Waals surface area contributed by atoms with Gasteiger partial charge in [0.1, 0.15) is 6.10 Å². The Morgan fingerprint density at radius 3 is 2.53 bits per heavy atom. The highest BCUT2D eigenvalue weighted by Gasteiger charge is 2.66. The summed E-state index contributed by atoms with van der Waals surface area (Å²) < 4.78 is 12.4. The smallest absolute Gasteiger partial charge is 0.262 e. The molecule has 3 heterocycles. The standard InChI is InChI=1S/C26H24N2O4/c1-27-12-11-26-17-8-9-18(28-24(29)15-5-3-4-6-16(15)25(28)30)23(26)32-22-20(31-2)10-7-14(21(22)26)13-19(17)27/h3-10,17-19,23H,11-13H2,1-2H3/t17-,18+,19+,23-,26-/m0/s1. The van der Waals surface area contributed by atoms with Gasteiger partial charge in [0, 0.05) is 22.9 Å². The third-order valence-electron chi connectivity index (χ3n) is 8.48. The molecule has 1 spiro atoms. The van der Waals surface area contributed by atoms with Gasteiger partial charge in [-0.05, 0) is 50.2 Å². The fraction of sp³-hybridized carbons (Fsp3) is 0.385. The fourth-order valence-corrected chi connectivity index (χ4v) is 7.09. The molecule has 1 saturated heterocycles. The van der Waals surface area contributed by atoms with Crippen LogP contribution in [0.5, 0.6) is 11.5 Å². The van der Waals surface area contributed by atoms with Gasteiger partial charge in [0.05, 0.1) is 24.3 Å². The lowest BCUT2D eigenvalue weighted by Crippen LogP contribution is -2.67. The number of benzene rings is 2. The van der Waals surface area contributed by atoms with Gasteiger partial charge >= 0.3 is 0 Å². The van der Waals surface area contributed by atoms with Crippen LogP contribution in [0.3, 0.4) is 0 Å². The molecule has 0 aromatic heterocycles. The first kappa shape index (κ1) is 18.5. The number of nitrogens with zero attached hydrogens (tertiary/aromatic N) is 2. The molecule has 32 heavy (non-hydrogen) atoms. The quantitative estimate of drug-likeness (QED) is 0.544. The van der Waals surface area contributed by atoms with Crippen molar-refractivity contribution in [2.45, 2.75) is 36.4 Å². The maximum Gasteiger partial charge on any atom is 0.262 e. The number of rotatable bonds is 2. The minimum atomic E-state index is -0.453. The molecule has 0 radical (unpaired) electrons. The molecule has 7 rings (SSSR count). The Morgan fingerprint density at radius 2 is 1.81 bits per heavy atom. The number of imide groups is 1. The minimum absolute atomic E-state index is 0.234. The topological polar surface area (TPSA) is 59.1 Å². The van der Waals surface area contributed by atoms with E-state index in [0.29, 0.717) is 17.2 Å². The molecule has 0 N–H and O–H groups in total. The van der Waals surface area contributed by atoms with Crippen molar-refractivity contribution in [1.29, 1.82) is 0 Å². The third-order valence-corrected chi connectivity index (χ3v) is 8.48. The molecule has 2 aromatic rings.